The molecule has 0 amide bonds. The molecule has 23 heavy (non-hydrogen) atoms. The number of allylic oxidation sites excluding steroid dienone is 4. The van der Waals surface area contributed by atoms with Crippen LogP contribution in [0, 0.1) is 5.41 Å². The first-order valence-corrected chi connectivity index (χ1v) is 8.51. The van der Waals surface area contributed by atoms with Crippen LogP contribution in [0.1, 0.15) is 44.7 Å². The van der Waals surface area contributed by atoms with Crippen LogP contribution in [0.4, 0.5) is 0 Å². The van der Waals surface area contributed by atoms with Crippen molar-refractivity contribution in [3.05, 3.63) is 95.6 Å². The van der Waals surface area contributed by atoms with E-state index in [2.05, 4.69) is 99.7 Å². The van der Waals surface area contributed by atoms with Crippen LogP contribution in [0.25, 0.3) is 0 Å². The lowest BCUT2D eigenvalue weighted by Gasteiger charge is -2.46. The van der Waals surface area contributed by atoms with Gasteiger partial charge in [-0.15, -0.1) is 0 Å². The van der Waals surface area contributed by atoms with Crippen molar-refractivity contribution in [3.8, 4) is 0 Å². The number of hydrogen-bond acceptors (Lipinski definition) is 0. The van der Waals surface area contributed by atoms with E-state index in [0.29, 0.717) is 0 Å². The number of benzene rings is 2. The fourth-order valence-corrected chi connectivity index (χ4v) is 3.89. The van der Waals surface area contributed by atoms with Gasteiger partial charge in [0.2, 0.25) is 0 Å². The molecule has 3 rings (SSSR count). The van der Waals surface area contributed by atoms with Gasteiger partial charge in [-0.1, -0.05) is 105 Å². The van der Waals surface area contributed by atoms with E-state index in [-0.39, 0.29) is 10.8 Å². The van der Waals surface area contributed by atoms with Gasteiger partial charge in [0.25, 0.3) is 0 Å². The lowest BCUT2D eigenvalue weighted by molar-refractivity contribution is 0.226. The molecule has 0 heteroatoms. The molecule has 0 unspecified atom stereocenters. The van der Waals surface area contributed by atoms with Crippen LogP contribution >= 0.6 is 0 Å². The van der Waals surface area contributed by atoms with Gasteiger partial charge >= 0.3 is 0 Å². The monoisotopic (exact) mass is 302 g/mol. The van der Waals surface area contributed by atoms with Crippen molar-refractivity contribution in [2.45, 2.75) is 39.0 Å². The molecule has 1 aliphatic rings. The van der Waals surface area contributed by atoms with Crippen molar-refractivity contribution in [1.29, 1.82) is 0 Å². The fraction of sp³-hybridized carbons (Fsp3) is 0.304. The third-order valence-corrected chi connectivity index (χ3v) is 5.13. The maximum absolute atomic E-state index is 2.37. The molecule has 118 valence electrons. The Hall–Kier alpha value is -2.08. The van der Waals surface area contributed by atoms with E-state index in [9.17, 15) is 0 Å². The minimum absolute atomic E-state index is 0.0317. The van der Waals surface area contributed by atoms with Crippen molar-refractivity contribution >= 4 is 0 Å². The zero-order valence-electron chi connectivity index (χ0n) is 14.4. The molecule has 1 aliphatic carbocycles. The molecule has 0 saturated heterocycles. The van der Waals surface area contributed by atoms with Crippen LogP contribution in [-0.4, -0.2) is 0 Å². The molecular formula is C23H26. The highest BCUT2D eigenvalue weighted by Gasteiger charge is 2.45. The largest absolute Gasteiger partial charge is 0.0805 e. The highest BCUT2D eigenvalue weighted by atomic mass is 14.5. The molecule has 2 aromatic carbocycles. The summed E-state index contributed by atoms with van der Waals surface area (Å²) in [6, 6.07) is 22.0. The molecule has 0 nitrogen and oxygen atoms in total. The number of rotatable bonds is 4. The Kier molecular flexibility index (Phi) is 4.26. The van der Waals surface area contributed by atoms with Crippen molar-refractivity contribution in [3.63, 3.8) is 0 Å². The summed E-state index contributed by atoms with van der Waals surface area (Å²) in [5.41, 5.74) is 4.33. The van der Waals surface area contributed by atoms with Crippen molar-refractivity contribution in [2.24, 2.45) is 5.41 Å². The van der Waals surface area contributed by atoms with Crippen molar-refractivity contribution in [1.82, 2.24) is 0 Å². The van der Waals surface area contributed by atoms with E-state index in [0.717, 1.165) is 12.8 Å². The van der Waals surface area contributed by atoms with E-state index in [1.807, 2.05) is 0 Å². The van der Waals surface area contributed by atoms with Gasteiger partial charge in [0.15, 0.2) is 0 Å². The summed E-state index contributed by atoms with van der Waals surface area (Å²) in [7, 11) is 0. The Bertz CT molecular complexity index is 657. The van der Waals surface area contributed by atoms with Crippen LogP contribution in [-0.2, 0) is 5.41 Å². The lowest BCUT2D eigenvalue weighted by Crippen LogP contribution is -2.41. The van der Waals surface area contributed by atoms with Crippen molar-refractivity contribution in [2.75, 3.05) is 0 Å². The molecular weight excluding hydrogens is 276 g/mol. The summed E-state index contributed by atoms with van der Waals surface area (Å²) >= 11 is 0. The average molecular weight is 302 g/mol. The number of hydrogen-bond donors (Lipinski definition) is 0. The Morgan fingerprint density at radius 1 is 0.783 bits per heavy atom. The first-order valence-electron chi connectivity index (χ1n) is 8.51. The predicted molar refractivity (Wildman–Crippen MR) is 99.6 cm³/mol. The van der Waals surface area contributed by atoms with Crippen molar-refractivity contribution < 1.29 is 0 Å². The molecule has 2 aromatic rings. The SMILES string of the molecule is CC(C)(C)C(CC1=CCC=C1)(c1ccccc1)c1ccccc1. The molecule has 0 N–H and O–H groups in total. The van der Waals surface area contributed by atoms with Crippen LogP contribution in [0.5, 0.6) is 0 Å². The van der Waals surface area contributed by atoms with E-state index in [4.69, 9.17) is 0 Å². The normalized spacial score (nSPS) is 14.8. The summed E-state index contributed by atoms with van der Waals surface area (Å²) in [6.07, 6.45) is 9.04. The van der Waals surface area contributed by atoms with Gasteiger partial charge < -0.3 is 0 Å². The second kappa shape index (κ2) is 6.20. The molecule has 0 fully saturated rings. The zero-order chi connectivity index (χ0) is 16.3. The smallest absolute Gasteiger partial charge is 0.0291 e. The summed E-state index contributed by atoms with van der Waals surface area (Å²) in [5.74, 6) is 0. The molecule has 0 aliphatic heterocycles. The first-order chi connectivity index (χ1) is 11.0. The topological polar surface area (TPSA) is 0 Å². The molecule has 0 radical (unpaired) electrons. The van der Waals surface area contributed by atoms with E-state index < -0.39 is 0 Å². The first kappa shape index (κ1) is 15.8. The van der Waals surface area contributed by atoms with Crippen LogP contribution in [0.15, 0.2) is 84.5 Å². The minimum atomic E-state index is -0.0317. The average Bonchev–Trinajstić information content (AvgIpc) is 3.06. The maximum atomic E-state index is 2.37. The Balaban J connectivity index is 2.23. The van der Waals surface area contributed by atoms with Crippen LogP contribution in [0.2, 0.25) is 0 Å². The minimum Gasteiger partial charge on any atom is -0.0805 e. The Morgan fingerprint density at radius 2 is 1.30 bits per heavy atom. The molecule has 0 saturated carbocycles. The fourth-order valence-electron chi connectivity index (χ4n) is 3.89. The Morgan fingerprint density at radius 3 is 1.70 bits per heavy atom. The second-order valence-corrected chi connectivity index (χ2v) is 7.48. The van der Waals surface area contributed by atoms with E-state index in [1.54, 1.807) is 0 Å². The summed E-state index contributed by atoms with van der Waals surface area (Å²) < 4.78 is 0. The van der Waals surface area contributed by atoms with Gasteiger partial charge in [-0.05, 0) is 29.4 Å². The van der Waals surface area contributed by atoms with Gasteiger partial charge in [-0.25, -0.2) is 0 Å². The third-order valence-electron chi connectivity index (χ3n) is 5.13. The molecule has 0 atom stereocenters. The van der Waals surface area contributed by atoms with Gasteiger partial charge in [0, 0.05) is 5.41 Å². The predicted octanol–water partition coefficient (Wildman–Crippen LogP) is 6.30. The molecule has 0 heterocycles. The molecule has 0 aromatic heterocycles. The highest BCUT2D eigenvalue weighted by Crippen LogP contribution is 2.51. The zero-order valence-corrected chi connectivity index (χ0v) is 14.4. The summed E-state index contributed by atoms with van der Waals surface area (Å²) in [6.45, 7) is 7.10. The van der Waals surface area contributed by atoms with Gasteiger partial charge in [-0.3, -0.25) is 0 Å². The van der Waals surface area contributed by atoms with Gasteiger partial charge in [0.1, 0.15) is 0 Å². The van der Waals surface area contributed by atoms with Crippen LogP contribution < -0.4 is 0 Å². The molecule has 0 bridgehead atoms. The summed E-state index contributed by atoms with van der Waals surface area (Å²) in [5, 5.41) is 0. The Labute approximate surface area is 140 Å². The van der Waals surface area contributed by atoms with E-state index in [1.165, 1.54) is 16.7 Å². The summed E-state index contributed by atoms with van der Waals surface area (Å²) in [4.78, 5) is 0. The van der Waals surface area contributed by atoms with E-state index >= 15 is 0 Å². The molecule has 0 spiro atoms. The lowest BCUT2D eigenvalue weighted by atomic mass is 9.56. The standard InChI is InChI=1S/C23H26/c1-22(2,3)23(18-19-12-10-11-13-19,20-14-6-4-7-15-20)21-16-8-5-9-17-21/h4-10,12-17H,11,18H2,1-3H3. The quantitative estimate of drug-likeness (QED) is 0.622. The third kappa shape index (κ3) is 2.91. The van der Waals surface area contributed by atoms with Crippen LogP contribution in [0.3, 0.4) is 0 Å². The van der Waals surface area contributed by atoms with Gasteiger partial charge in [0.05, 0.1) is 0 Å². The highest BCUT2D eigenvalue weighted by molar-refractivity contribution is 5.45. The maximum Gasteiger partial charge on any atom is 0.0291 e. The second-order valence-electron chi connectivity index (χ2n) is 7.48. The van der Waals surface area contributed by atoms with Gasteiger partial charge in [-0.2, -0.15) is 0 Å².